The fourth-order valence-electron chi connectivity index (χ4n) is 1.39. The monoisotopic (exact) mass is 236 g/mol. The fourth-order valence-corrected chi connectivity index (χ4v) is 1.39. The number of carboxylic acids is 1. The van der Waals surface area contributed by atoms with Crippen LogP contribution in [0.15, 0.2) is 24.5 Å². The predicted octanol–water partition coefficient (Wildman–Crippen LogP) is 1.31. The SMILES string of the molecule is CC(C)C(CC(=O)O)NC(=O)c1cccnc1. The van der Waals surface area contributed by atoms with E-state index in [2.05, 4.69) is 10.3 Å². The van der Waals surface area contributed by atoms with Crippen LogP contribution >= 0.6 is 0 Å². The highest BCUT2D eigenvalue weighted by molar-refractivity contribution is 5.94. The number of pyridine rings is 1. The quantitative estimate of drug-likeness (QED) is 0.807. The van der Waals surface area contributed by atoms with Gasteiger partial charge in [-0.3, -0.25) is 14.6 Å². The first-order valence-electron chi connectivity index (χ1n) is 5.43. The van der Waals surface area contributed by atoms with Gasteiger partial charge in [-0.05, 0) is 18.1 Å². The molecule has 17 heavy (non-hydrogen) atoms. The molecule has 0 radical (unpaired) electrons. The standard InChI is InChI=1S/C12H16N2O3/c1-8(2)10(6-11(15)16)14-12(17)9-4-3-5-13-7-9/h3-5,7-8,10H,6H2,1-2H3,(H,14,17)(H,15,16). The lowest BCUT2D eigenvalue weighted by Gasteiger charge is -2.20. The molecule has 0 saturated heterocycles. The molecule has 0 fully saturated rings. The molecule has 2 N–H and O–H groups in total. The van der Waals surface area contributed by atoms with Crippen LogP contribution in [-0.4, -0.2) is 28.0 Å². The summed E-state index contributed by atoms with van der Waals surface area (Å²) in [5, 5.41) is 11.5. The molecule has 1 aromatic rings. The van der Waals surface area contributed by atoms with Crippen molar-refractivity contribution >= 4 is 11.9 Å². The molecule has 1 amide bonds. The summed E-state index contributed by atoms with van der Waals surface area (Å²) in [5.74, 6) is -1.15. The number of nitrogens with zero attached hydrogens (tertiary/aromatic N) is 1. The Bertz CT molecular complexity index is 390. The van der Waals surface area contributed by atoms with Gasteiger partial charge in [0.1, 0.15) is 0 Å². The Balaban J connectivity index is 2.68. The van der Waals surface area contributed by atoms with Crippen LogP contribution in [0.5, 0.6) is 0 Å². The van der Waals surface area contributed by atoms with Gasteiger partial charge in [-0.25, -0.2) is 0 Å². The second-order valence-electron chi connectivity index (χ2n) is 4.16. The topological polar surface area (TPSA) is 79.3 Å². The van der Waals surface area contributed by atoms with Crippen LogP contribution in [0.2, 0.25) is 0 Å². The van der Waals surface area contributed by atoms with Crippen LogP contribution in [0.3, 0.4) is 0 Å². The molecule has 0 aromatic carbocycles. The maximum atomic E-state index is 11.8. The third-order valence-corrected chi connectivity index (χ3v) is 2.44. The first kappa shape index (κ1) is 13.2. The van der Waals surface area contributed by atoms with Crippen LogP contribution in [0.4, 0.5) is 0 Å². The molecule has 5 nitrogen and oxygen atoms in total. The molecule has 0 aliphatic rings. The van der Waals surface area contributed by atoms with E-state index in [1.807, 2.05) is 13.8 Å². The van der Waals surface area contributed by atoms with E-state index in [0.29, 0.717) is 5.56 Å². The van der Waals surface area contributed by atoms with Gasteiger partial charge >= 0.3 is 5.97 Å². The minimum atomic E-state index is -0.921. The lowest BCUT2D eigenvalue weighted by atomic mass is 10.0. The summed E-state index contributed by atoms with van der Waals surface area (Å²) in [4.78, 5) is 26.3. The van der Waals surface area contributed by atoms with Gasteiger partial charge in [-0.1, -0.05) is 13.8 Å². The number of hydrogen-bond donors (Lipinski definition) is 2. The van der Waals surface area contributed by atoms with Gasteiger partial charge in [0.2, 0.25) is 0 Å². The molecule has 1 heterocycles. The zero-order valence-corrected chi connectivity index (χ0v) is 9.88. The van der Waals surface area contributed by atoms with E-state index >= 15 is 0 Å². The number of aliphatic carboxylic acids is 1. The molecular formula is C12H16N2O3. The summed E-state index contributed by atoms with van der Waals surface area (Å²) >= 11 is 0. The Morgan fingerprint density at radius 3 is 2.65 bits per heavy atom. The number of nitrogens with one attached hydrogen (secondary N) is 1. The predicted molar refractivity (Wildman–Crippen MR) is 62.6 cm³/mol. The van der Waals surface area contributed by atoms with Crippen molar-refractivity contribution in [2.24, 2.45) is 5.92 Å². The molecule has 0 bridgehead atoms. The highest BCUT2D eigenvalue weighted by atomic mass is 16.4. The first-order chi connectivity index (χ1) is 8.00. The summed E-state index contributed by atoms with van der Waals surface area (Å²) in [6.45, 7) is 3.74. The minimum absolute atomic E-state index is 0.0618. The van der Waals surface area contributed by atoms with Crippen molar-refractivity contribution in [3.63, 3.8) is 0 Å². The molecular weight excluding hydrogens is 220 g/mol. The number of carbonyl (C=O) groups is 2. The van der Waals surface area contributed by atoms with Crippen molar-refractivity contribution in [3.05, 3.63) is 30.1 Å². The summed E-state index contributed by atoms with van der Waals surface area (Å²) < 4.78 is 0. The Hall–Kier alpha value is -1.91. The average molecular weight is 236 g/mol. The van der Waals surface area contributed by atoms with Crippen molar-refractivity contribution in [1.29, 1.82) is 0 Å². The van der Waals surface area contributed by atoms with Crippen LogP contribution < -0.4 is 5.32 Å². The van der Waals surface area contributed by atoms with E-state index in [4.69, 9.17) is 5.11 Å². The highest BCUT2D eigenvalue weighted by Crippen LogP contribution is 2.07. The number of rotatable bonds is 5. The largest absolute Gasteiger partial charge is 0.481 e. The van der Waals surface area contributed by atoms with Crippen LogP contribution in [-0.2, 0) is 4.79 Å². The fraction of sp³-hybridized carbons (Fsp3) is 0.417. The maximum Gasteiger partial charge on any atom is 0.305 e. The number of carbonyl (C=O) groups excluding carboxylic acids is 1. The van der Waals surface area contributed by atoms with Crippen molar-refractivity contribution < 1.29 is 14.7 Å². The number of hydrogen-bond acceptors (Lipinski definition) is 3. The van der Waals surface area contributed by atoms with Crippen molar-refractivity contribution in [3.8, 4) is 0 Å². The Morgan fingerprint density at radius 2 is 2.18 bits per heavy atom. The van der Waals surface area contributed by atoms with Crippen LogP contribution in [0.1, 0.15) is 30.6 Å². The molecule has 5 heteroatoms. The summed E-state index contributed by atoms with van der Waals surface area (Å²) in [6.07, 6.45) is 2.95. The highest BCUT2D eigenvalue weighted by Gasteiger charge is 2.19. The van der Waals surface area contributed by atoms with Gasteiger partial charge in [-0.15, -0.1) is 0 Å². The molecule has 92 valence electrons. The molecule has 0 aliphatic carbocycles. The Kier molecular flexibility index (Phi) is 4.63. The summed E-state index contributed by atoms with van der Waals surface area (Å²) in [5.41, 5.74) is 0.434. The van der Waals surface area contributed by atoms with E-state index in [0.717, 1.165) is 0 Å². The molecule has 0 aliphatic heterocycles. The van der Waals surface area contributed by atoms with Gasteiger partial charge in [0.15, 0.2) is 0 Å². The molecule has 1 atom stereocenters. The van der Waals surface area contributed by atoms with E-state index < -0.39 is 5.97 Å². The molecule has 1 aromatic heterocycles. The maximum absolute atomic E-state index is 11.8. The normalized spacial score (nSPS) is 12.2. The number of aromatic nitrogens is 1. The third kappa shape index (κ3) is 4.22. The minimum Gasteiger partial charge on any atom is -0.481 e. The molecule has 0 spiro atoms. The van der Waals surface area contributed by atoms with Crippen LogP contribution in [0.25, 0.3) is 0 Å². The van der Waals surface area contributed by atoms with Crippen molar-refractivity contribution in [2.75, 3.05) is 0 Å². The summed E-state index contributed by atoms with van der Waals surface area (Å²) in [6, 6.07) is 2.93. The van der Waals surface area contributed by atoms with Gasteiger partial charge < -0.3 is 10.4 Å². The number of amides is 1. The zero-order chi connectivity index (χ0) is 12.8. The van der Waals surface area contributed by atoms with Gasteiger partial charge in [-0.2, -0.15) is 0 Å². The van der Waals surface area contributed by atoms with Crippen molar-refractivity contribution in [2.45, 2.75) is 26.3 Å². The van der Waals surface area contributed by atoms with E-state index in [9.17, 15) is 9.59 Å². The van der Waals surface area contributed by atoms with Gasteiger partial charge in [0, 0.05) is 18.4 Å². The first-order valence-corrected chi connectivity index (χ1v) is 5.43. The average Bonchev–Trinajstić information content (AvgIpc) is 2.28. The smallest absolute Gasteiger partial charge is 0.305 e. The Morgan fingerprint density at radius 1 is 1.47 bits per heavy atom. The van der Waals surface area contributed by atoms with Gasteiger partial charge in [0.25, 0.3) is 5.91 Å². The lowest BCUT2D eigenvalue weighted by molar-refractivity contribution is -0.137. The van der Waals surface area contributed by atoms with E-state index in [1.165, 1.54) is 6.20 Å². The molecule has 1 unspecified atom stereocenters. The van der Waals surface area contributed by atoms with Crippen molar-refractivity contribution in [1.82, 2.24) is 10.3 Å². The Labute approximate surface area is 99.9 Å². The summed E-state index contributed by atoms with van der Waals surface area (Å²) in [7, 11) is 0. The molecule has 1 rings (SSSR count). The van der Waals surface area contributed by atoms with Gasteiger partial charge in [0.05, 0.1) is 12.0 Å². The van der Waals surface area contributed by atoms with E-state index in [-0.39, 0.29) is 24.3 Å². The molecule has 0 saturated carbocycles. The van der Waals surface area contributed by atoms with Crippen LogP contribution in [0, 0.1) is 5.92 Å². The third-order valence-electron chi connectivity index (χ3n) is 2.44. The number of carboxylic acid groups (broad SMARTS) is 1. The zero-order valence-electron chi connectivity index (χ0n) is 9.88. The second kappa shape index (κ2) is 5.98. The second-order valence-corrected chi connectivity index (χ2v) is 4.16. The van der Waals surface area contributed by atoms with E-state index in [1.54, 1.807) is 18.3 Å². The lowest BCUT2D eigenvalue weighted by Crippen LogP contribution is -2.40.